The van der Waals surface area contributed by atoms with Crippen molar-refractivity contribution in [2.24, 2.45) is 0 Å². The molecular formula is C11H8F3NO3. The fraction of sp³-hybridized carbons (Fsp3) is 0.273. The molecule has 0 fully saturated rings. The molecule has 0 atom stereocenters. The van der Waals surface area contributed by atoms with Crippen molar-refractivity contribution in [3.8, 4) is 11.8 Å². The van der Waals surface area contributed by atoms with Crippen molar-refractivity contribution < 1.29 is 27.4 Å². The number of nitrogens with zero attached hydrogens (tertiary/aromatic N) is 1. The lowest BCUT2D eigenvalue weighted by Gasteiger charge is -2.15. The van der Waals surface area contributed by atoms with E-state index in [1.807, 2.05) is 0 Å². The summed E-state index contributed by atoms with van der Waals surface area (Å²) in [5, 5.41) is 8.72. The van der Waals surface area contributed by atoms with Gasteiger partial charge in [-0.3, -0.25) is 0 Å². The average Bonchev–Trinajstić information content (AvgIpc) is 2.29. The third-order valence-corrected chi connectivity index (χ3v) is 2.15. The monoisotopic (exact) mass is 259 g/mol. The van der Waals surface area contributed by atoms with Crippen LogP contribution in [0.15, 0.2) is 12.1 Å². The third kappa shape index (κ3) is 2.91. The summed E-state index contributed by atoms with van der Waals surface area (Å²) in [4.78, 5) is 11.3. The highest BCUT2D eigenvalue weighted by atomic mass is 19.4. The molecule has 0 aliphatic carbocycles. The summed E-state index contributed by atoms with van der Waals surface area (Å²) in [5.41, 5.74) is -0.467. The normalized spacial score (nSPS) is 10.7. The van der Waals surface area contributed by atoms with Crippen LogP contribution in [-0.4, -0.2) is 19.4 Å². The number of alkyl halides is 3. The Morgan fingerprint density at radius 2 is 2.00 bits per heavy atom. The number of methoxy groups -OCH3 is 1. The van der Waals surface area contributed by atoms with E-state index < -0.39 is 18.1 Å². The molecule has 0 radical (unpaired) electrons. The van der Waals surface area contributed by atoms with Gasteiger partial charge in [-0.1, -0.05) is 0 Å². The Morgan fingerprint density at radius 1 is 1.39 bits per heavy atom. The van der Waals surface area contributed by atoms with Gasteiger partial charge in [0.15, 0.2) is 0 Å². The number of hydrogen-bond donors (Lipinski definition) is 0. The molecule has 1 aromatic rings. The first kappa shape index (κ1) is 13.8. The second kappa shape index (κ2) is 4.96. The van der Waals surface area contributed by atoms with Gasteiger partial charge in [-0.25, -0.2) is 4.79 Å². The van der Waals surface area contributed by atoms with Gasteiger partial charge in [0.05, 0.1) is 18.7 Å². The van der Waals surface area contributed by atoms with Gasteiger partial charge in [0.1, 0.15) is 11.3 Å². The lowest BCUT2D eigenvalue weighted by atomic mass is 10.0. The van der Waals surface area contributed by atoms with E-state index in [4.69, 9.17) is 5.26 Å². The Hall–Kier alpha value is -2.23. The SMILES string of the molecule is COC(=O)c1ccc(C#N)c(C)c1OC(F)(F)F. The summed E-state index contributed by atoms with van der Waals surface area (Å²) in [6, 6.07) is 3.99. The van der Waals surface area contributed by atoms with Crippen molar-refractivity contribution >= 4 is 5.97 Å². The summed E-state index contributed by atoms with van der Waals surface area (Å²) in [6.45, 7) is 1.26. The second-order valence-corrected chi connectivity index (χ2v) is 3.27. The molecule has 0 spiro atoms. The topological polar surface area (TPSA) is 59.3 Å². The van der Waals surface area contributed by atoms with E-state index >= 15 is 0 Å². The maximum absolute atomic E-state index is 12.2. The van der Waals surface area contributed by atoms with E-state index in [0.29, 0.717) is 0 Å². The molecule has 0 heterocycles. The Balaban J connectivity index is 3.41. The standard InChI is InChI=1S/C11H8F3NO3/c1-6-7(5-15)3-4-8(10(16)17-2)9(6)18-11(12,13)14/h3-4H,1-2H3. The van der Waals surface area contributed by atoms with E-state index in [9.17, 15) is 18.0 Å². The highest BCUT2D eigenvalue weighted by molar-refractivity contribution is 5.93. The number of esters is 1. The predicted octanol–water partition coefficient (Wildman–Crippen LogP) is 2.55. The van der Waals surface area contributed by atoms with E-state index in [0.717, 1.165) is 13.2 Å². The number of carbonyl (C=O) groups excluding carboxylic acids is 1. The van der Waals surface area contributed by atoms with Crippen LogP contribution in [0.25, 0.3) is 0 Å². The lowest BCUT2D eigenvalue weighted by molar-refractivity contribution is -0.275. The fourth-order valence-corrected chi connectivity index (χ4v) is 1.33. The predicted molar refractivity (Wildman–Crippen MR) is 53.9 cm³/mol. The third-order valence-electron chi connectivity index (χ3n) is 2.15. The zero-order chi connectivity index (χ0) is 13.9. The Morgan fingerprint density at radius 3 is 2.44 bits per heavy atom. The van der Waals surface area contributed by atoms with Crippen molar-refractivity contribution in [3.63, 3.8) is 0 Å². The number of ether oxygens (including phenoxy) is 2. The minimum atomic E-state index is -4.96. The quantitative estimate of drug-likeness (QED) is 0.766. The van der Waals surface area contributed by atoms with Gasteiger partial charge in [0.2, 0.25) is 0 Å². The Kier molecular flexibility index (Phi) is 3.81. The molecule has 0 saturated carbocycles. The number of halogens is 3. The lowest BCUT2D eigenvalue weighted by Crippen LogP contribution is -2.20. The highest BCUT2D eigenvalue weighted by Crippen LogP contribution is 2.32. The molecule has 0 aliphatic rings. The van der Waals surface area contributed by atoms with Gasteiger partial charge in [0.25, 0.3) is 0 Å². The summed E-state index contributed by atoms with van der Waals surface area (Å²) < 4.78 is 44.9. The first-order chi connectivity index (χ1) is 8.30. The van der Waals surface area contributed by atoms with Crippen molar-refractivity contribution in [3.05, 3.63) is 28.8 Å². The maximum atomic E-state index is 12.2. The molecule has 4 nitrogen and oxygen atoms in total. The van der Waals surface area contributed by atoms with E-state index in [-0.39, 0.29) is 16.7 Å². The van der Waals surface area contributed by atoms with Crippen LogP contribution in [0.4, 0.5) is 13.2 Å². The van der Waals surface area contributed by atoms with Gasteiger partial charge in [-0.05, 0) is 19.1 Å². The number of rotatable bonds is 2. The Bertz CT molecular complexity index is 517. The molecule has 0 aliphatic heterocycles. The molecule has 0 aromatic heterocycles. The molecule has 0 amide bonds. The smallest absolute Gasteiger partial charge is 0.465 e. The zero-order valence-electron chi connectivity index (χ0n) is 9.46. The number of hydrogen-bond acceptors (Lipinski definition) is 4. The molecule has 0 unspecified atom stereocenters. The van der Waals surface area contributed by atoms with Crippen LogP contribution >= 0.6 is 0 Å². The molecule has 1 aromatic carbocycles. The molecule has 18 heavy (non-hydrogen) atoms. The van der Waals surface area contributed by atoms with Crippen molar-refractivity contribution in [1.29, 1.82) is 5.26 Å². The van der Waals surface area contributed by atoms with Crippen LogP contribution in [0.3, 0.4) is 0 Å². The minimum Gasteiger partial charge on any atom is -0.465 e. The van der Waals surface area contributed by atoms with Crippen LogP contribution in [0.1, 0.15) is 21.5 Å². The van der Waals surface area contributed by atoms with Crippen molar-refractivity contribution in [1.82, 2.24) is 0 Å². The molecule has 7 heteroatoms. The summed E-state index contributed by atoms with van der Waals surface area (Å²) in [5.74, 6) is -1.68. The van der Waals surface area contributed by atoms with Gasteiger partial charge in [-0.15, -0.1) is 13.2 Å². The minimum absolute atomic E-state index is 0.0121. The fourth-order valence-electron chi connectivity index (χ4n) is 1.33. The first-order valence-corrected chi connectivity index (χ1v) is 4.68. The largest absolute Gasteiger partial charge is 0.573 e. The molecule has 96 valence electrons. The first-order valence-electron chi connectivity index (χ1n) is 4.68. The summed E-state index contributed by atoms with van der Waals surface area (Å²) >= 11 is 0. The van der Waals surface area contributed by atoms with Crippen molar-refractivity contribution in [2.75, 3.05) is 7.11 Å². The van der Waals surface area contributed by atoms with E-state index in [2.05, 4.69) is 9.47 Å². The van der Waals surface area contributed by atoms with Gasteiger partial charge >= 0.3 is 12.3 Å². The summed E-state index contributed by atoms with van der Waals surface area (Å²) in [7, 11) is 1.03. The average molecular weight is 259 g/mol. The van der Waals surface area contributed by atoms with Crippen molar-refractivity contribution in [2.45, 2.75) is 13.3 Å². The molecule has 0 bridgehead atoms. The number of benzene rings is 1. The molecule has 0 saturated heterocycles. The van der Waals surface area contributed by atoms with Crippen LogP contribution in [0, 0.1) is 18.3 Å². The van der Waals surface area contributed by atoms with Gasteiger partial charge < -0.3 is 9.47 Å². The molecule has 0 N–H and O–H groups in total. The van der Waals surface area contributed by atoms with E-state index in [1.165, 1.54) is 13.0 Å². The van der Waals surface area contributed by atoms with Crippen LogP contribution in [0.2, 0.25) is 0 Å². The maximum Gasteiger partial charge on any atom is 0.573 e. The second-order valence-electron chi connectivity index (χ2n) is 3.27. The zero-order valence-corrected chi connectivity index (χ0v) is 9.46. The molecular weight excluding hydrogens is 251 g/mol. The number of nitriles is 1. The highest BCUT2D eigenvalue weighted by Gasteiger charge is 2.34. The van der Waals surface area contributed by atoms with Crippen LogP contribution in [0.5, 0.6) is 5.75 Å². The van der Waals surface area contributed by atoms with Gasteiger partial charge in [-0.2, -0.15) is 5.26 Å². The van der Waals surface area contributed by atoms with E-state index in [1.54, 1.807) is 6.07 Å². The Labute approximate surface area is 101 Å². The van der Waals surface area contributed by atoms with Crippen LogP contribution < -0.4 is 4.74 Å². The number of carbonyl (C=O) groups is 1. The molecule has 1 rings (SSSR count). The summed E-state index contributed by atoms with van der Waals surface area (Å²) in [6.07, 6.45) is -4.96. The van der Waals surface area contributed by atoms with Crippen LogP contribution in [-0.2, 0) is 4.74 Å². The van der Waals surface area contributed by atoms with Gasteiger partial charge in [0, 0.05) is 5.56 Å².